The van der Waals surface area contributed by atoms with E-state index in [1.807, 2.05) is 0 Å². The molecule has 2 aliphatic rings. The molecule has 0 aliphatic carbocycles. The van der Waals surface area contributed by atoms with Crippen molar-refractivity contribution in [1.29, 1.82) is 0 Å². The lowest BCUT2D eigenvalue weighted by Crippen LogP contribution is -2.58. The molecule has 0 unspecified atom stereocenters. The van der Waals surface area contributed by atoms with E-state index >= 15 is 0 Å². The lowest BCUT2D eigenvalue weighted by atomic mass is 9.88. The van der Waals surface area contributed by atoms with Gasteiger partial charge >= 0.3 is 0 Å². The van der Waals surface area contributed by atoms with Gasteiger partial charge in [0.1, 0.15) is 0 Å². The van der Waals surface area contributed by atoms with E-state index in [-0.39, 0.29) is 0 Å². The van der Waals surface area contributed by atoms with E-state index in [4.69, 9.17) is 5.73 Å². The number of hydrogen-bond donors (Lipinski definition) is 2. The Morgan fingerprint density at radius 3 is 2.40 bits per heavy atom. The second-order valence-corrected chi connectivity index (χ2v) is 5.75. The average Bonchev–Trinajstić information content (AvgIpc) is 2.45. The minimum Gasteiger partial charge on any atom is -0.320 e. The monoisotopic (exact) mass is 269 g/mol. The van der Waals surface area contributed by atoms with Crippen LogP contribution in [0.25, 0.3) is 0 Å². The van der Waals surface area contributed by atoms with Gasteiger partial charge in [-0.3, -0.25) is 4.90 Å². The molecule has 3 N–H and O–H groups in total. The lowest BCUT2D eigenvalue weighted by molar-refractivity contribution is 0.113. The van der Waals surface area contributed by atoms with Gasteiger partial charge in [-0.05, 0) is 49.5 Å². The van der Waals surface area contributed by atoms with Crippen LogP contribution in [0, 0.1) is 11.8 Å². The molecule has 1 aromatic carbocycles. The first-order chi connectivity index (χ1) is 9.86. The summed E-state index contributed by atoms with van der Waals surface area (Å²) in [7, 11) is 0. The van der Waals surface area contributed by atoms with Crippen LogP contribution in [-0.4, -0.2) is 43.7 Å². The lowest BCUT2D eigenvalue weighted by Gasteiger charge is -2.42. The number of nitrogens with one attached hydrogen (secondary N) is 1. The molecule has 0 aromatic heterocycles. The van der Waals surface area contributed by atoms with Crippen LogP contribution in [-0.2, 0) is 0 Å². The molecular formula is C17H23N3. The van der Waals surface area contributed by atoms with Gasteiger partial charge in [0.2, 0.25) is 0 Å². The van der Waals surface area contributed by atoms with Crippen molar-refractivity contribution in [3.63, 3.8) is 0 Å². The minimum atomic E-state index is 0.427. The molecule has 0 spiro atoms. The fraction of sp³-hybridized carbons (Fsp3) is 0.529. The fourth-order valence-corrected chi connectivity index (χ4v) is 3.12. The summed E-state index contributed by atoms with van der Waals surface area (Å²) >= 11 is 0. The third-order valence-electron chi connectivity index (χ3n) is 4.52. The van der Waals surface area contributed by atoms with E-state index < -0.39 is 0 Å². The number of benzene rings is 1. The third-order valence-corrected chi connectivity index (χ3v) is 4.52. The van der Waals surface area contributed by atoms with Crippen molar-refractivity contribution >= 4 is 0 Å². The van der Waals surface area contributed by atoms with Gasteiger partial charge in [0.15, 0.2) is 0 Å². The molecule has 0 radical (unpaired) electrons. The zero-order chi connectivity index (χ0) is 13.8. The maximum Gasteiger partial charge on any atom is 0.0555 e. The van der Waals surface area contributed by atoms with Crippen molar-refractivity contribution < 1.29 is 0 Å². The molecule has 0 amide bonds. The largest absolute Gasteiger partial charge is 0.320 e. The van der Waals surface area contributed by atoms with Crippen LogP contribution in [0.3, 0.4) is 0 Å². The Kier molecular flexibility index (Phi) is 4.37. The Labute approximate surface area is 121 Å². The predicted octanol–water partition coefficient (Wildman–Crippen LogP) is 1.15. The Bertz CT molecular complexity index is 485. The van der Waals surface area contributed by atoms with E-state index in [9.17, 15) is 0 Å². The Hall–Kier alpha value is -1.34. The molecule has 3 nitrogen and oxygen atoms in total. The number of hydrogen-bond acceptors (Lipinski definition) is 3. The van der Waals surface area contributed by atoms with Crippen molar-refractivity contribution in [2.75, 3.05) is 32.7 Å². The van der Waals surface area contributed by atoms with E-state index in [0.29, 0.717) is 6.54 Å². The molecule has 0 saturated carbocycles. The minimum absolute atomic E-state index is 0.427. The third kappa shape index (κ3) is 3.04. The van der Waals surface area contributed by atoms with Gasteiger partial charge in [-0.25, -0.2) is 0 Å². The number of nitrogens with zero attached hydrogens (tertiary/aromatic N) is 1. The maximum absolute atomic E-state index is 5.39. The van der Waals surface area contributed by atoms with E-state index in [1.165, 1.54) is 44.6 Å². The van der Waals surface area contributed by atoms with Crippen LogP contribution in [0.2, 0.25) is 0 Å². The summed E-state index contributed by atoms with van der Waals surface area (Å²) in [5.41, 5.74) is 7.93. The Morgan fingerprint density at radius 1 is 1.15 bits per heavy atom. The maximum atomic E-state index is 5.39. The SMILES string of the molecule is NCC#Cc1ccc(C2CCN(C3CNC3)CC2)cc1. The molecule has 1 aromatic rings. The first-order valence-electron chi connectivity index (χ1n) is 7.60. The van der Waals surface area contributed by atoms with Crippen LogP contribution in [0.1, 0.15) is 29.9 Å². The summed E-state index contributed by atoms with van der Waals surface area (Å²) in [6.45, 7) is 5.27. The highest BCUT2D eigenvalue weighted by atomic mass is 15.2. The van der Waals surface area contributed by atoms with Crippen molar-refractivity contribution in [2.24, 2.45) is 5.73 Å². The fourth-order valence-electron chi connectivity index (χ4n) is 3.12. The highest BCUT2D eigenvalue weighted by molar-refractivity contribution is 5.37. The van der Waals surface area contributed by atoms with Gasteiger partial charge in [0, 0.05) is 24.7 Å². The average molecular weight is 269 g/mol. The molecule has 2 heterocycles. The standard InChI is InChI=1S/C17H23N3/c18-9-1-2-14-3-5-15(6-4-14)16-7-10-20(11-8-16)17-12-19-13-17/h3-6,16-17,19H,7-13,18H2. The van der Waals surface area contributed by atoms with Crippen molar-refractivity contribution in [2.45, 2.75) is 24.8 Å². The zero-order valence-electron chi connectivity index (χ0n) is 11.9. The van der Waals surface area contributed by atoms with Crippen LogP contribution < -0.4 is 11.1 Å². The second-order valence-electron chi connectivity index (χ2n) is 5.75. The van der Waals surface area contributed by atoms with Gasteiger partial charge in [-0.2, -0.15) is 0 Å². The van der Waals surface area contributed by atoms with E-state index in [0.717, 1.165) is 17.5 Å². The van der Waals surface area contributed by atoms with Gasteiger partial charge in [0.25, 0.3) is 0 Å². The van der Waals surface area contributed by atoms with Gasteiger partial charge in [0.05, 0.1) is 6.54 Å². The molecule has 2 aliphatic heterocycles. The van der Waals surface area contributed by atoms with E-state index in [1.54, 1.807) is 0 Å². The normalized spacial score (nSPS) is 21.1. The first kappa shape index (κ1) is 13.6. The summed E-state index contributed by atoms with van der Waals surface area (Å²) in [6.07, 6.45) is 2.56. The molecule has 0 bridgehead atoms. The summed E-state index contributed by atoms with van der Waals surface area (Å²) in [4.78, 5) is 2.65. The van der Waals surface area contributed by atoms with Crippen molar-refractivity contribution in [3.8, 4) is 11.8 Å². The van der Waals surface area contributed by atoms with Crippen LogP contribution in [0.4, 0.5) is 0 Å². The molecule has 2 saturated heterocycles. The van der Waals surface area contributed by atoms with Gasteiger partial charge in [-0.1, -0.05) is 24.0 Å². The van der Waals surface area contributed by atoms with Crippen molar-refractivity contribution in [3.05, 3.63) is 35.4 Å². The topological polar surface area (TPSA) is 41.3 Å². The predicted molar refractivity (Wildman–Crippen MR) is 82.6 cm³/mol. The Balaban J connectivity index is 1.57. The highest BCUT2D eigenvalue weighted by Gasteiger charge is 2.28. The van der Waals surface area contributed by atoms with Crippen LogP contribution >= 0.6 is 0 Å². The first-order valence-corrected chi connectivity index (χ1v) is 7.60. The second kappa shape index (κ2) is 6.41. The highest BCUT2D eigenvalue weighted by Crippen LogP contribution is 2.29. The molecule has 20 heavy (non-hydrogen) atoms. The van der Waals surface area contributed by atoms with E-state index in [2.05, 4.69) is 46.3 Å². The Morgan fingerprint density at radius 2 is 1.85 bits per heavy atom. The quantitative estimate of drug-likeness (QED) is 0.791. The summed E-state index contributed by atoms with van der Waals surface area (Å²) in [6, 6.07) is 9.53. The van der Waals surface area contributed by atoms with Crippen molar-refractivity contribution in [1.82, 2.24) is 10.2 Å². The summed E-state index contributed by atoms with van der Waals surface area (Å²) in [5, 5.41) is 3.36. The molecular weight excluding hydrogens is 246 g/mol. The van der Waals surface area contributed by atoms with Crippen LogP contribution in [0.15, 0.2) is 24.3 Å². The summed E-state index contributed by atoms with van der Waals surface area (Å²) in [5.74, 6) is 6.70. The molecule has 3 heteroatoms. The number of rotatable bonds is 2. The molecule has 3 rings (SSSR count). The smallest absolute Gasteiger partial charge is 0.0555 e. The zero-order valence-corrected chi connectivity index (χ0v) is 11.9. The molecule has 0 atom stereocenters. The molecule has 106 valence electrons. The number of nitrogens with two attached hydrogens (primary N) is 1. The van der Waals surface area contributed by atoms with Crippen LogP contribution in [0.5, 0.6) is 0 Å². The number of likely N-dealkylation sites (tertiary alicyclic amines) is 1. The van der Waals surface area contributed by atoms with Gasteiger partial charge in [-0.15, -0.1) is 0 Å². The molecule has 2 fully saturated rings. The summed E-state index contributed by atoms with van der Waals surface area (Å²) < 4.78 is 0. The number of piperidine rings is 1. The van der Waals surface area contributed by atoms with Gasteiger partial charge < -0.3 is 11.1 Å².